The Morgan fingerprint density at radius 1 is 1.35 bits per heavy atom. The van der Waals surface area contributed by atoms with Crippen LogP contribution in [0, 0.1) is 13.8 Å². The minimum Gasteiger partial charge on any atom is -0.460 e. The average molecular weight is 403 g/mol. The van der Waals surface area contributed by atoms with Gasteiger partial charge < -0.3 is 9.26 Å². The van der Waals surface area contributed by atoms with Crippen LogP contribution in [0.25, 0.3) is 0 Å². The third-order valence-electron chi connectivity index (χ3n) is 2.99. The van der Waals surface area contributed by atoms with Crippen LogP contribution in [-0.2, 0) is 26.2 Å². The zero-order valence-corrected chi connectivity index (χ0v) is 14.9. The molecule has 0 aliphatic carbocycles. The molecule has 0 amide bonds. The summed E-state index contributed by atoms with van der Waals surface area (Å²) in [5.74, 6) is -0.521. The Kier molecular flexibility index (Phi) is 5.55. The van der Waals surface area contributed by atoms with Gasteiger partial charge in [0.25, 0.3) is 0 Å². The van der Waals surface area contributed by atoms with Crippen molar-refractivity contribution >= 4 is 31.9 Å². The van der Waals surface area contributed by atoms with Crippen molar-refractivity contribution in [3.63, 3.8) is 0 Å². The van der Waals surface area contributed by atoms with E-state index in [1.54, 1.807) is 6.07 Å². The van der Waals surface area contributed by atoms with Crippen molar-refractivity contribution in [2.75, 3.05) is 6.54 Å². The summed E-state index contributed by atoms with van der Waals surface area (Å²) >= 11 is 3.34. The number of nitrogens with zero attached hydrogens (tertiary/aromatic N) is 1. The summed E-state index contributed by atoms with van der Waals surface area (Å²) in [5.41, 5.74) is 1.02. The van der Waals surface area contributed by atoms with E-state index < -0.39 is 22.5 Å². The van der Waals surface area contributed by atoms with Gasteiger partial charge in [0.2, 0.25) is 10.0 Å². The molecule has 0 aliphatic rings. The second kappa shape index (κ2) is 7.24. The number of halogens is 1. The van der Waals surface area contributed by atoms with Crippen molar-refractivity contribution in [1.29, 1.82) is 0 Å². The monoisotopic (exact) mass is 402 g/mol. The fraction of sp³-hybridized carbons (Fsp3) is 0.286. The molecule has 0 saturated carbocycles. The normalized spacial score (nSPS) is 11.4. The second-order valence-electron chi connectivity index (χ2n) is 4.73. The average Bonchev–Trinajstić information content (AvgIpc) is 2.84. The van der Waals surface area contributed by atoms with Crippen molar-refractivity contribution in [1.82, 2.24) is 9.88 Å². The number of hydrogen-bond donors (Lipinski definition) is 1. The molecule has 2 aromatic rings. The molecule has 0 saturated heterocycles. The maximum Gasteiger partial charge on any atom is 0.321 e. The van der Waals surface area contributed by atoms with Crippen LogP contribution in [0.4, 0.5) is 0 Å². The van der Waals surface area contributed by atoms with Crippen LogP contribution in [0.1, 0.15) is 17.0 Å². The summed E-state index contributed by atoms with van der Waals surface area (Å²) in [6.45, 7) is 2.57. The highest BCUT2D eigenvalue weighted by atomic mass is 79.9. The molecule has 1 heterocycles. The van der Waals surface area contributed by atoms with Crippen molar-refractivity contribution in [3.8, 4) is 0 Å². The molecule has 0 unspecified atom stereocenters. The third-order valence-corrected chi connectivity index (χ3v) is 5.41. The van der Waals surface area contributed by atoms with Crippen LogP contribution in [0.3, 0.4) is 0 Å². The zero-order chi connectivity index (χ0) is 17.0. The number of carbonyl (C=O) groups is 1. The quantitative estimate of drug-likeness (QED) is 0.742. The van der Waals surface area contributed by atoms with Crippen LogP contribution in [-0.4, -0.2) is 26.1 Å². The smallest absolute Gasteiger partial charge is 0.321 e. The highest BCUT2D eigenvalue weighted by Gasteiger charge is 2.24. The molecule has 1 N–H and O–H groups in total. The lowest BCUT2D eigenvalue weighted by atomic mass is 10.2. The van der Waals surface area contributed by atoms with E-state index in [9.17, 15) is 13.2 Å². The third kappa shape index (κ3) is 4.40. The van der Waals surface area contributed by atoms with Gasteiger partial charge in [-0.15, -0.1) is 0 Å². The lowest BCUT2D eigenvalue weighted by molar-refractivity contribution is -0.143. The number of hydrogen-bond acceptors (Lipinski definition) is 6. The molecule has 0 radical (unpaired) electrons. The molecule has 0 bridgehead atoms. The van der Waals surface area contributed by atoms with Gasteiger partial charge in [-0.1, -0.05) is 39.3 Å². The van der Waals surface area contributed by atoms with Gasteiger partial charge in [-0.05, 0) is 19.9 Å². The first-order valence-electron chi connectivity index (χ1n) is 6.63. The molecule has 2 rings (SSSR count). The van der Waals surface area contributed by atoms with Crippen LogP contribution < -0.4 is 4.72 Å². The van der Waals surface area contributed by atoms with E-state index in [1.165, 1.54) is 13.8 Å². The molecule has 1 aromatic carbocycles. The molecule has 0 spiro atoms. The number of sulfonamides is 1. The summed E-state index contributed by atoms with van der Waals surface area (Å²) < 4.78 is 37.1. The number of carbonyl (C=O) groups excluding carboxylic acids is 1. The summed E-state index contributed by atoms with van der Waals surface area (Å²) in [5, 5.41) is 3.58. The second-order valence-corrected chi connectivity index (χ2v) is 7.29. The summed E-state index contributed by atoms with van der Waals surface area (Å²) in [7, 11) is -3.88. The standard InChI is InChI=1S/C14H15BrN2O5S/c1-9-14(10(2)22-17-9)23(19,20)16-7-13(18)21-8-11-5-3-4-6-12(11)15/h3-6,16H,7-8H2,1-2H3. The molecule has 0 fully saturated rings. The minimum absolute atomic E-state index is 0.0489. The Hall–Kier alpha value is -1.71. The maximum absolute atomic E-state index is 12.1. The highest BCUT2D eigenvalue weighted by Crippen LogP contribution is 2.18. The van der Waals surface area contributed by atoms with Crippen molar-refractivity contribution in [3.05, 3.63) is 45.8 Å². The van der Waals surface area contributed by atoms with Crippen LogP contribution in [0.5, 0.6) is 0 Å². The van der Waals surface area contributed by atoms with E-state index in [-0.39, 0.29) is 23.0 Å². The summed E-state index contributed by atoms with van der Waals surface area (Å²) in [6, 6.07) is 7.27. The first kappa shape index (κ1) is 17.6. The van der Waals surface area contributed by atoms with E-state index in [0.29, 0.717) is 0 Å². The van der Waals surface area contributed by atoms with Crippen molar-refractivity contribution < 1.29 is 22.5 Å². The number of aromatic nitrogens is 1. The van der Waals surface area contributed by atoms with Crippen molar-refractivity contribution in [2.24, 2.45) is 0 Å². The lowest BCUT2D eigenvalue weighted by Crippen LogP contribution is -2.31. The molecule has 23 heavy (non-hydrogen) atoms. The Labute approximate surface area is 142 Å². The van der Waals surface area contributed by atoms with E-state index in [0.717, 1.165) is 10.0 Å². The van der Waals surface area contributed by atoms with Gasteiger partial charge in [-0.3, -0.25) is 4.79 Å². The number of rotatable bonds is 6. The Morgan fingerprint density at radius 2 is 2.04 bits per heavy atom. The molecule has 0 atom stereocenters. The van der Waals surface area contributed by atoms with Crippen LogP contribution in [0.2, 0.25) is 0 Å². The molecule has 9 heteroatoms. The maximum atomic E-state index is 12.1. The predicted octanol–water partition coefficient (Wildman–Crippen LogP) is 2.08. The molecule has 0 aliphatic heterocycles. The molecule has 7 nitrogen and oxygen atoms in total. The molecule has 124 valence electrons. The molecular weight excluding hydrogens is 388 g/mol. The topological polar surface area (TPSA) is 98.5 Å². The SMILES string of the molecule is Cc1noc(C)c1S(=O)(=O)NCC(=O)OCc1ccccc1Br. The highest BCUT2D eigenvalue weighted by molar-refractivity contribution is 9.10. The van der Waals surface area contributed by atoms with Gasteiger partial charge in [0.05, 0.1) is 0 Å². The largest absolute Gasteiger partial charge is 0.460 e. The van der Waals surface area contributed by atoms with E-state index in [4.69, 9.17) is 9.26 Å². The van der Waals surface area contributed by atoms with Crippen molar-refractivity contribution in [2.45, 2.75) is 25.3 Å². The Balaban J connectivity index is 1.93. The Bertz CT molecular complexity index is 797. The lowest BCUT2D eigenvalue weighted by Gasteiger charge is -2.08. The van der Waals surface area contributed by atoms with Gasteiger partial charge in [0.1, 0.15) is 23.7 Å². The number of nitrogens with one attached hydrogen (secondary N) is 1. The van der Waals surface area contributed by atoms with Gasteiger partial charge >= 0.3 is 5.97 Å². The first-order valence-corrected chi connectivity index (χ1v) is 8.90. The Morgan fingerprint density at radius 3 is 2.65 bits per heavy atom. The number of benzene rings is 1. The number of aryl methyl sites for hydroxylation is 2. The fourth-order valence-electron chi connectivity index (χ4n) is 1.91. The van der Waals surface area contributed by atoms with E-state index >= 15 is 0 Å². The van der Waals surface area contributed by atoms with Crippen LogP contribution >= 0.6 is 15.9 Å². The fourth-order valence-corrected chi connectivity index (χ4v) is 3.60. The zero-order valence-electron chi connectivity index (χ0n) is 12.5. The predicted molar refractivity (Wildman–Crippen MR) is 85.1 cm³/mol. The molecular formula is C14H15BrN2O5S. The van der Waals surface area contributed by atoms with Gasteiger partial charge in [-0.2, -0.15) is 4.72 Å². The number of ether oxygens (including phenoxy) is 1. The summed E-state index contributed by atoms with van der Waals surface area (Å²) in [6.07, 6.45) is 0. The van der Waals surface area contributed by atoms with E-state index in [2.05, 4.69) is 25.8 Å². The summed E-state index contributed by atoms with van der Waals surface area (Å²) in [4.78, 5) is 11.7. The van der Waals surface area contributed by atoms with Gasteiger partial charge in [-0.25, -0.2) is 8.42 Å². The molecule has 1 aromatic heterocycles. The van der Waals surface area contributed by atoms with Gasteiger partial charge in [0, 0.05) is 10.0 Å². The first-order chi connectivity index (χ1) is 10.8. The van der Waals surface area contributed by atoms with E-state index in [1.807, 2.05) is 18.2 Å². The minimum atomic E-state index is -3.88. The van der Waals surface area contributed by atoms with Crippen LogP contribution in [0.15, 0.2) is 38.2 Å². The number of esters is 1. The van der Waals surface area contributed by atoms with Gasteiger partial charge in [0.15, 0.2) is 5.76 Å².